The van der Waals surface area contributed by atoms with Crippen LogP contribution in [0, 0.1) is 12.8 Å². The van der Waals surface area contributed by atoms with Gasteiger partial charge in [-0.05, 0) is 61.6 Å². The Labute approximate surface area is 190 Å². The van der Waals surface area contributed by atoms with Crippen LogP contribution in [0.25, 0.3) is 11.4 Å². The van der Waals surface area contributed by atoms with Crippen molar-refractivity contribution in [2.45, 2.75) is 30.3 Å². The lowest BCUT2D eigenvalue weighted by Crippen LogP contribution is -2.27. The maximum absolute atomic E-state index is 4.40. The van der Waals surface area contributed by atoms with Gasteiger partial charge in [-0.15, -0.1) is 10.2 Å². The average molecular weight is 484 g/mol. The third-order valence-electron chi connectivity index (χ3n) is 6.45. The summed E-state index contributed by atoms with van der Waals surface area (Å²) in [6, 6.07) is 11.1. The number of pyridine rings is 1. The van der Waals surface area contributed by atoms with Crippen LogP contribution >= 0.6 is 27.7 Å². The molecule has 7 heteroatoms. The van der Waals surface area contributed by atoms with Crippen molar-refractivity contribution in [2.24, 2.45) is 13.0 Å². The van der Waals surface area contributed by atoms with E-state index in [1.54, 1.807) is 11.8 Å². The summed E-state index contributed by atoms with van der Waals surface area (Å²) in [6.45, 7) is 5.66. The van der Waals surface area contributed by atoms with Gasteiger partial charge >= 0.3 is 0 Å². The lowest BCUT2D eigenvalue weighted by molar-refractivity contribution is 0.299. The molecule has 0 spiro atoms. The minimum absolute atomic E-state index is 0.425. The molecule has 1 aromatic carbocycles. The van der Waals surface area contributed by atoms with Crippen LogP contribution in [-0.4, -0.2) is 50.0 Å². The Morgan fingerprint density at radius 3 is 2.83 bits per heavy atom. The van der Waals surface area contributed by atoms with Crippen molar-refractivity contribution < 1.29 is 0 Å². The quantitative estimate of drug-likeness (QED) is 0.359. The zero-order valence-corrected chi connectivity index (χ0v) is 19.8. The number of hydrogen-bond acceptors (Lipinski definition) is 5. The van der Waals surface area contributed by atoms with Gasteiger partial charge in [-0.1, -0.05) is 39.8 Å². The number of aryl methyl sites for hydroxylation is 1. The molecule has 3 aromatic rings. The Bertz CT molecular complexity index is 1050. The van der Waals surface area contributed by atoms with Gasteiger partial charge in [-0.3, -0.25) is 4.98 Å². The van der Waals surface area contributed by atoms with Crippen LogP contribution in [0.5, 0.6) is 0 Å². The number of thioether (sulfide) groups is 1. The van der Waals surface area contributed by atoms with Gasteiger partial charge in [0.05, 0.1) is 0 Å². The maximum Gasteiger partial charge on any atom is 0.191 e. The van der Waals surface area contributed by atoms with Crippen LogP contribution in [0.1, 0.15) is 24.0 Å². The fourth-order valence-corrected chi connectivity index (χ4v) is 5.91. The highest BCUT2D eigenvalue weighted by Crippen LogP contribution is 2.59. The largest absolute Gasteiger partial charge is 0.305 e. The normalized spacial score (nSPS) is 23.0. The van der Waals surface area contributed by atoms with Crippen LogP contribution < -0.4 is 0 Å². The van der Waals surface area contributed by atoms with Crippen molar-refractivity contribution in [3.05, 3.63) is 58.3 Å². The summed E-state index contributed by atoms with van der Waals surface area (Å²) >= 11 is 5.35. The van der Waals surface area contributed by atoms with Crippen LogP contribution in [0.15, 0.2) is 52.4 Å². The van der Waals surface area contributed by atoms with Crippen molar-refractivity contribution in [1.82, 2.24) is 24.6 Å². The summed E-state index contributed by atoms with van der Waals surface area (Å²) in [6.07, 6.45) is 6.24. The topological polar surface area (TPSA) is 46.8 Å². The van der Waals surface area contributed by atoms with E-state index >= 15 is 0 Å². The molecule has 2 atom stereocenters. The molecular formula is C23H26BrN5S. The number of likely N-dealkylation sites (tertiary alicyclic amines) is 1. The van der Waals surface area contributed by atoms with Crippen molar-refractivity contribution >= 4 is 27.7 Å². The Kier molecular flexibility index (Phi) is 5.45. The van der Waals surface area contributed by atoms with E-state index in [0.717, 1.165) is 44.8 Å². The van der Waals surface area contributed by atoms with Crippen molar-refractivity contribution in [2.75, 3.05) is 25.4 Å². The highest BCUT2D eigenvalue weighted by atomic mass is 79.9. The Balaban J connectivity index is 1.13. The summed E-state index contributed by atoms with van der Waals surface area (Å²) in [5.41, 5.74) is 4.10. The monoisotopic (exact) mass is 483 g/mol. The summed E-state index contributed by atoms with van der Waals surface area (Å²) in [5.74, 6) is 2.78. The van der Waals surface area contributed by atoms with Gasteiger partial charge in [0.2, 0.25) is 0 Å². The molecule has 1 saturated carbocycles. The minimum Gasteiger partial charge on any atom is -0.305 e. The number of halogens is 1. The highest BCUT2D eigenvalue weighted by molar-refractivity contribution is 9.10. The summed E-state index contributed by atoms with van der Waals surface area (Å²) in [4.78, 5) is 6.93. The molecule has 0 amide bonds. The average Bonchev–Trinajstić information content (AvgIpc) is 3.11. The molecule has 2 fully saturated rings. The lowest BCUT2D eigenvalue weighted by Gasteiger charge is -2.21. The van der Waals surface area contributed by atoms with E-state index in [0.29, 0.717) is 5.41 Å². The molecule has 3 heterocycles. The van der Waals surface area contributed by atoms with Crippen LogP contribution in [0.3, 0.4) is 0 Å². The molecule has 0 unspecified atom stereocenters. The van der Waals surface area contributed by atoms with E-state index in [9.17, 15) is 0 Å². The van der Waals surface area contributed by atoms with Crippen molar-refractivity contribution in [3.8, 4) is 11.4 Å². The molecule has 0 bridgehead atoms. The summed E-state index contributed by atoms with van der Waals surface area (Å²) < 4.78 is 3.24. The molecule has 156 valence electrons. The maximum atomic E-state index is 4.40. The Hall–Kier alpha value is -1.70. The van der Waals surface area contributed by atoms with Crippen LogP contribution in [0.4, 0.5) is 0 Å². The Morgan fingerprint density at radius 1 is 1.20 bits per heavy atom. The standard InChI is InChI=1S/C23H26BrN5S/c1-16-10-17(13-25-12-16)21-26-27-22(28(21)2)30-9-3-8-29-14-19-11-23(19,15-29)18-4-6-20(24)7-5-18/h4-7,10,12-13,19H,3,8-9,11,14-15H2,1-2H3/t19-,23-/m1/s1. The van der Waals surface area contributed by atoms with E-state index < -0.39 is 0 Å². The fraction of sp³-hybridized carbons (Fsp3) is 0.435. The number of nitrogens with zero attached hydrogens (tertiary/aromatic N) is 5. The second-order valence-electron chi connectivity index (χ2n) is 8.62. The highest BCUT2D eigenvalue weighted by Gasteiger charge is 2.60. The van der Waals surface area contributed by atoms with E-state index in [2.05, 4.69) is 70.9 Å². The van der Waals surface area contributed by atoms with Crippen molar-refractivity contribution in [3.63, 3.8) is 0 Å². The molecule has 2 aromatic heterocycles. The molecule has 0 N–H and O–H groups in total. The van der Waals surface area contributed by atoms with Gasteiger partial charge in [-0.2, -0.15) is 0 Å². The second-order valence-corrected chi connectivity index (χ2v) is 10.6. The molecule has 1 saturated heterocycles. The zero-order valence-electron chi connectivity index (χ0n) is 17.4. The van der Waals surface area contributed by atoms with E-state index in [1.807, 2.05) is 26.4 Å². The van der Waals surface area contributed by atoms with Gasteiger partial charge in [-0.25, -0.2) is 0 Å². The number of hydrogen-bond donors (Lipinski definition) is 0. The zero-order chi connectivity index (χ0) is 20.7. The van der Waals surface area contributed by atoms with Crippen molar-refractivity contribution in [1.29, 1.82) is 0 Å². The number of piperidine rings is 1. The predicted molar refractivity (Wildman–Crippen MR) is 125 cm³/mol. The number of aromatic nitrogens is 4. The molecule has 5 rings (SSSR count). The molecule has 1 aliphatic heterocycles. The first-order valence-corrected chi connectivity index (χ1v) is 12.3. The Morgan fingerprint density at radius 2 is 2.03 bits per heavy atom. The van der Waals surface area contributed by atoms with Crippen LogP contribution in [-0.2, 0) is 12.5 Å². The lowest BCUT2D eigenvalue weighted by atomic mass is 9.95. The number of benzene rings is 1. The summed E-state index contributed by atoms with van der Waals surface area (Å²) in [5, 5.41) is 9.76. The summed E-state index contributed by atoms with van der Waals surface area (Å²) in [7, 11) is 2.04. The fourth-order valence-electron chi connectivity index (χ4n) is 4.81. The SMILES string of the molecule is Cc1cncc(-c2nnc(SCCCN3C[C@H]4C[C@]4(c4ccc(Br)cc4)C3)n2C)c1. The molecule has 2 aliphatic rings. The van der Waals surface area contributed by atoms with E-state index in [1.165, 1.54) is 31.5 Å². The van der Waals surface area contributed by atoms with Gasteiger partial charge in [0, 0.05) is 53.7 Å². The van der Waals surface area contributed by atoms with Gasteiger partial charge in [0.15, 0.2) is 11.0 Å². The number of fused-ring (bicyclic) bond motifs is 1. The number of rotatable bonds is 7. The molecule has 1 aliphatic carbocycles. The smallest absolute Gasteiger partial charge is 0.191 e. The van der Waals surface area contributed by atoms with Gasteiger partial charge in [0.1, 0.15) is 0 Å². The van der Waals surface area contributed by atoms with Crippen LogP contribution in [0.2, 0.25) is 0 Å². The first kappa shape index (κ1) is 20.2. The van der Waals surface area contributed by atoms with E-state index in [4.69, 9.17) is 0 Å². The van der Waals surface area contributed by atoms with E-state index in [-0.39, 0.29) is 0 Å². The second kappa shape index (κ2) is 8.09. The molecule has 0 radical (unpaired) electrons. The third kappa shape index (κ3) is 3.83. The third-order valence-corrected chi connectivity index (χ3v) is 8.09. The molecule has 5 nitrogen and oxygen atoms in total. The molecule has 30 heavy (non-hydrogen) atoms. The first-order chi connectivity index (χ1) is 14.5. The molecular weight excluding hydrogens is 458 g/mol. The van der Waals surface area contributed by atoms with Gasteiger partial charge in [0.25, 0.3) is 0 Å². The minimum atomic E-state index is 0.425. The predicted octanol–water partition coefficient (Wildman–Crippen LogP) is 4.70. The van der Waals surface area contributed by atoms with Gasteiger partial charge < -0.3 is 9.47 Å². The first-order valence-electron chi connectivity index (χ1n) is 10.5.